The van der Waals surface area contributed by atoms with Gasteiger partial charge < -0.3 is 4.74 Å². The Morgan fingerprint density at radius 2 is 2.19 bits per heavy atom. The standard InChI is InChI=1S/C10H14FN3O2/c1-10(2,3)16-9(15)13-8-4-5-14(12)6-7(8)11/h4-6H,12H2,1-3H3/p+1. The number of rotatable bonds is 1. The Morgan fingerprint density at radius 3 is 2.69 bits per heavy atom. The molecule has 0 aliphatic carbocycles. The van der Waals surface area contributed by atoms with E-state index in [9.17, 15) is 9.18 Å². The van der Waals surface area contributed by atoms with Crippen molar-refractivity contribution in [3.8, 4) is 0 Å². The number of anilines is 1. The van der Waals surface area contributed by atoms with Crippen LogP contribution in [-0.4, -0.2) is 11.7 Å². The van der Waals surface area contributed by atoms with Gasteiger partial charge in [-0.2, -0.15) is 4.39 Å². The fourth-order valence-electron chi connectivity index (χ4n) is 0.999. The summed E-state index contributed by atoms with van der Waals surface area (Å²) in [4.78, 5) is 11.3. The Bertz CT molecular complexity index is 402. The van der Waals surface area contributed by atoms with Crippen LogP contribution in [0.1, 0.15) is 20.8 Å². The topological polar surface area (TPSA) is 68.2 Å². The second kappa shape index (κ2) is 4.34. The number of hydrogen-bond donors (Lipinski definition) is 2. The summed E-state index contributed by atoms with van der Waals surface area (Å²) in [5.41, 5.74) is -0.598. The quantitative estimate of drug-likeness (QED) is 0.560. The van der Waals surface area contributed by atoms with Crippen LogP contribution in [0.5, 0.6) is 0 Å². The van der Waals surface area contributed by atoms with Gasteiger partial charge in [0.2, 0.25) is 18.2 Å². The Labute approximate surface area is 93.0 Å². The van der Waals surface area contributed by atoms with Crippen molar-refractivity contribution in [1.29, 1.82) is 0 Å². The molecule has 0 fully saturated rings. The summed E-state index contributed by atoms with van der Waals surface area (Å²) in [5, 5.41) is 2.29. The van der Waals surface area contributed by atoms with Gasteiger partial charge in [-0.3, -0.25) is 5.32 Å². The zero-order valence-electron chi connectivity index (χ0n) is 9.45. The molecule has 1 rings (SSSR count). The molecular weight excluding hydrogens is 213 g/mol. The summed E-state index contributed by atoms with van der Waals surface area (Å²) in [5.74, 6) is 4.66. The highest BCUT2D eigenvalue weighted by molar-refractivity contribution is 5.84. The Hall–Kier alpha value is -1.85. The van der Waals surface area contributed by atoms with Crippen molar-refractivity contribution >= 4 is 11.8 Å². The van der Waals surface area contributed by atoms with Gasteiger partial charge in [0.05, 0.1) is 5.69 Å². The highest BCUT2D eigenvalue weighted by Crippen LogP contribution is 2.13. The van der Waals surface area contributed by atoms with E-state index in [4.69, 9.17) is 10.6 Å². The third-order valence-corrected chi connectivity index (χ3v) is 1.57. The summed E-state index contributed by atoms with van der Waals surface area (Å²) in [6.45, 7) is 5.17. The first kappa shape index (κ1) is 12.2. The molecule has 16 heavy (non-hydrogen) atoms. The molecule has 1 amide bonds. The average molecular weight is 228 g/mol. The smallest absolute Gasteiger partial charge is 0.412 e. The number of hydrogen-bond acceptors (Lipinski definition) is 3. The van der Waals surface area contributed by atoms with Gasteiger partial charge in [0.25, 0.3) is 0 Å². The van der Waals surface area contributed by atoms with E-state index in [-0.39, 0.29) is 5.69 Å². The average Bonchev–Trinajstić information content (AvgIpc) is 2.06. The molecule has 0 saturated heterocycles. The van der Waals surface area contributed by atoms with Gasteiger partial charge in [0.1, 0.15) is 5.60 Å². The SMILES string of the molecule is CC(C)(C)OC(=O)Nc1cc[n+](N)cc1F. The molecule has 0 atom stereocenters. The van der Waals surface area contributed by atoms with Crippen molar-refractivity contribution in [1.82, 2.24) is 0 Å². The Morgan fingerprint density at radius 1 is 1.56 bits per heavy atom. The van der Waals surface area contributed by atoms with Crippen LogP contribution in [0, 0.1) is 5.82 Å². The summed E-state index contributed by atoms with van der Waals surface area (Å²) >= 11 is 0. The zero-order valence-corrected chi connectivity index (χ0v) is 9.45. The number of amides is 1. The lowest BCUT2D eigenvalue weighted by molar-refractivity contribution is -0.640. The van der Waals surface area contributed by atoms with Crippen molar-refractivity contribution in [3.63, 3.8) is 0 Å². The molecule has 1 aromatic rings. The maximum absolute atomic E-state index is 13.3. The molecule has 0 unspecified atom stereocenters. The maximum atomic E-state index is 13.3. The van der Waals surface area contributed by atoms with Crippen LogP contribution in [0.3, 0.4) is 0 Å². The minimum atomic E-state index is -0.707. The van der Waals surface area contributed by atoms with Crippen molar-refractivity contribution < 1.29 is 18.6 Å². The van der Waals surface area contributed by atoms with Gasteiger partial charge in [0, 0.05) is 6.07 Å². The van der Waals surface area contributed by atoms with E-state index in [1.807, 2.05) is 0 Å². The molecule has 0 aromatic carbocycles. The van der Waals surface area contributed by atoms with E-state index in [1.165, 1.54) is 12.3 Å². The summed E-state index contributed by atoms with van der Waals surface area (Å²) in [6, 6.07) is 1.35. The van der Waals surface area contributed by atoms with Crippen molar-refractivity contribution in [2.24, 2.45) is 0 Å². The number of pyridine rings is 1. The molecule has 6 heteroatoms. The first-order chi connectivity index (χ1) is 7.28. The lowest BCUT2D eigenvalue weighted by atomic mass is 10.2. The molecule has 0 saturated carbocycles. The normalized spacial score (nSPS) is 11.0. The van der Waals surface area contributed by atoms with E-state index in [1.54, 1.807) is 20.8 Å². The Kier molecular flexibility index (Phi) is 3.31. The molecule has 1 heterocycles. The molecule has 0 bridgehead atoms. The van der Waals surface area contributed by atoms with Gasteiger partial charge >= 0.3 is 6.09 Å². The van der Waals surface area contributed by atoms with Crippen molar-refractivity contribution in [2.75, 3.05) is 11.2 Å². The van der Waals surface area contributed by atoms with E-state index in [0.717, 1.165) is 10.9 Å². The monoisotopic (exact) mass is 228 g/mol. The van der Waals surface area contributed by atoms with Crippen LogP contribution < -0.4 is 15.8 Å². The maximum Gasteiger partial charge on any atom is 0.412 e. The number of nitrogens with two attached hydrogens (primary N) is 1. The summed E-state index contributed by atoms with van der Waals surface area (Å²) in [7, 11) is 0. The number of nitrogens with zero attached hydrogens (tertiary/aromatic N) is 1. The van der Waals surface area contributed by atoms with Crippen LogP contribution in [-0.2, 0) is 4.74 Å². The van der Waals surface area contributed by atoms with Crippen molar-refractivity contribution in [2.45, 2.75) is 26.4 Å². The third-order valence-electron chi connectivity index (χ3n) is 1.57. The fraction of sp³-hybridized carbons (Fsp3) is 0.400. The molecule has 3 N–H and O–H groups in total. The number of nitrogen functional groups attached to an aromatic ring is 1. The molecule has 0 aliphatic heterocycles. The predicted octanol–water partition coefficient (Wildman–Crippen LogP) is 1.17. The molecule has 1 aromatic heterocycles. The van der Waals surface area contributed by atoms with Crippen LogP contribution >= 0.6 is 0 Å². The van der Waals surface area contributed by atoms with Crippen LogP contribution in [0.25, 0.3) is 0 Å². The minimum absolute atomic E-state index is 0.0240. The third kappa shape index (κ3) is 3.72. The molecule has 5 nitrogen and oxygen atoms in total. The highest BCUT2D eigenvalue weighted by atomic mass is 19.1. The summed E-state index contributed by atoms with van der Waals surface area (Å²) < 4.78 is 19.3. The van der Waals surface area contributed by atoms with Gasteiger partial charge in [-0.15, -0.1) is 0 Å². The van der Waals surface area contributed by atoms with E-state index < -0.39 is 17.5 Å². The highest BCUT2D eigenvalue weighted by Gasteiger charge is 2.18. The minimum Gasteiger partial charge on any atom is -0.444 e. The number of carbonyl (C=O) groups is 1. The first-order valence-corrected chi connectivity index (χ1v) is 4.74. The number of aromatic nitrogens is 1. The molecule has 0 spiro atoms. The zero-order chi connectivity index (χ0) is 12.3. The molecule has 88 valence electrons. The van der Waals surface area contributed by atoms with Gasteiger partial charge in [-0.1, -0.05) is 4.68 Å². The van der Waals surface area contributed by atoms with E-state index >= 15 is 0 Å². The Balaban J connectivity index is 2.70. The largest absolute Gasteiger partial charge is 0.444 e. The summed E-state index contributed by atoms with van der Waals surface area (Å²) in [6.07, 6.45) is 1.75. The second-order valence-corrected chi connectivity index (χ2v) is 4.28. The second-order valence-electron chi connectivity index (χ2n) is 4.28. The van der Waals surface area contributed by atoms with Crippen LogP contribution in [0.2, 0.25) is 0 Å². The molecular formula is C10H15FN3O2+. The molecule has 0 aliphatic rings. The van der Waals surface area contributed by atoms with Crippen LogP contribution in [0.4, 0.5) is 14.9 Å². The van der Waals surface area contributed by atoms with Crippen molar-refractivity contribution in [3.05, 3.63) is 24.3 Å². The van der Waals surface area contributed by atoms with Gasteiger partial charge in [0.15, 0.2) is 0 Å². The predicted molar refractivity (Wildman–Crippen MR) is 56.6 cm³/mol. The number of ether oxygens (including phenoxy) is 1. The van der Waals surface area contributed by atoms with Crippen LogP contribution in [0.15, 0.2) is 18.5 Å². The number of carbonyl (C=O) groups excluding carboxylic acids is 1. The fourth-order valence-corrected chi connectivity index (χ4v) is 0.999. The lowest BCUT2D eigenvalue weighted by Gasteiger charge is -2.19. The number of halogens is 1. The van der Waals surface area contributed by atoms with E-state index in [0.29, 0.717) is 0 Å². The lowest BCUT2D eigenvalue weighted by Crippen LogP contribution is -2.44. The van der Waals surface area contributed by atoms with Gasteiger partial charge in [-0.25, -0.2) is 10.6 Å². The molecule has 0 radical (unpaired) electrons. The first-order valence-electron chi connectivity index (χ1n) is 4.74. The van der Waals surface area contributed by atoms with Gasteiger partial charge in [-0.05, 0) is 20.8 Å². The number of nitrogens with one attached hydrogen (secondary N) is 1. The van der Waals surface area contributed by atoms with E-state index in [2.05, 4.69) is 5.32 Å².